The van der Waals surface area contributed by atoms with Gasteiger partial charge in [-0.1, -0.05) is 39.5 Å². The van der Waals surface area contributed by atoms with Gasteiger partial charge in [-0.3, -0.25) is 4.79 Å². The molecule has 1 N–H and O–H groups in total. The van der Waals surface area contributed by atoms with E-state index < -0.39 is 11.4 Å². The minimum atomic E-state index is -0.621. The molecule has 0 aromatic carbocycles. The van der Waals surface area contributed by atoms with Crippen molar-refractivity contribution >= 4 is 5.97 Å². The lowest BCUT2D eigenvalue weighted by Crippen LogP contribution is -2.35. The van der Waals surface area contributed by atoms with Crippen LogP contribution in [-0.2, 0) is 9.53 Å². The van der Waals surface area contributed by atoms with Gasteiger partial charge in [0.1, 0.15) is 0 Å². The monoisotopic (exact) mass is 282 g/mol. The lowest BCUT2D eigenvalue weighted by Gasteiger charge is -2.32. The molecule has 2 rings (SSSR count). The Labute approximate surface area is 123 Å². The van der Waals surface area contributed by atoms with Gasteiger partial charge in [0.2, 0.25) is 0 Å². The number of ether oxygens (including phenoxy) is 1. The molecule has 1 spiro atoms. The van der Waals surface area contributed by atoms with Crippen LogP contribution < -0.4 is 0 Å². The number of unbranched alkanes of at least 4 members (excludes halogenated alkanes) is 1. The minimum Gasteiger partial charge on any atom is -0.481 e. The maximum atomic E-state index is 11.8. The van der Waals surface area contributed by atoms with Gasteiger partial charge in [-0.15, -0.1) is 0 Å². The van der Waals surface area contributed by atoms with Crippen molar-refractivity contribution in [3.05, 3.63) is 0 Å². The molecule has 2 atom stereocenters. The standard InChI is InChI=1S/C17H30O3/c1-3-5-9-16(4-2,15(18)19)13-14-8-12-17(20-14)10-6-7-11-17/h14H,3-13H2,1-2H3,(H,18,19). The summed E-state index contributed by atoms with van der Waals surface area (Å²) in [5, 5.41) is 9.71. The SMILES string of the molecule is CCCCC(CC)(CC1CCC2(CCCC2)O1)C(=O)O. The van der Waals surface area contributed by atoms with Crippen molar-refractivity contribution in [3.8, 4) is 0 Å². The Balaban J connectivity index is 1.99. The smallest absolute Gasteiger partial charge is 0.309 e. The molecule has 1 aliphatic carbocycles. The zero-order chi connectivity index (χ0) is 14.6. The van der Waals surface area contributed by atoms with E-state index >= 15 is 0 Å². The number of rotatable bonds is 7. The summed E-state index contributed by atoms with van der Waals surface area (Å²) in [5.74, 6) is -0.621. The van der Waals surface area contributed by atoms with Gasteiger partial charge in [0, 0.05) is 0 Å². The van der Waals surface area contributed by atoms with Crippen LogP contribution in [0.4, 0.5) is 0 Å². The molecule has 20 heavy (non-hydrogen) atoms. The lowest BCUT2D eigenvalue weighted by molar-refractivity contribution is -0.153. The van der Waals surface area contributed by atoms with E-state index in [1.807, 2.05) is 6.92 Å². The molecule has 0 aromatic heterocycles. The molecule has 0 aromatic rings. The summed E-state index contributed by atoms with van der Waals surface area (Å²) in [4.78, 5) is 11.8. The Morgan fingerprint density at radius 3 is 2.55 bits per heavy atom. The third-order valence-corrected chi connectivity index (χ3v) is 5.61. The fraction of sp³-hybridized carbons (Fsp3) is 0.941. The third kappa shape index (κ3) is 3.19. The van der Waals surface area contributed by atoms with Gasteiger partial charge in [0.15, 0.2) is 0 Å². The number of carbonyl (C=O) groups is 1. The van der Waals surface area contributed by atoms with E-state index in [1.54, 1.807) is 0 Å². The van der Waals surface area contributed by atoms with E-state index in [4.69, 9.17) is 4.74 Å². The second kappa shape index (κ2) is 6.46. The molecule has 2 unspecified atom stereocenters. The lowest BCUT2D eigenvalue weighted by atomic mass is 9.75. The molecule has 0 amide bonds. The number of hydrogen-bond donors (Lipinski definition) is 1. The first-order valence-electron chi connectivity index (χ1n) is 8.47. The minimum absolute atomic E-state index is 0.118. The van der Waals surface area contributed by atoms with Crippen LogP contribution in [0.25, 0.3) is 0 Å². The number of aliphatic carboxylic acids is 1. The molecule has 3 heteroatoms. The largest absolute Gasteiger partial charge is 0.481 e. The first-order valence-corrected chi connectivity index (χ1v) is 8.47. The van der Waals surface area contributed by atoms with Gasteiger partial charge < -0.3 is 9.84 Å². The van der Waals surface area contributed by atoms with Crippen molar-refractivity contribution in [1.82, 2.24) is 0 Å². The summed E-state index contributed by atoms with van der Waals surface area (Å²) in [6.45, 7) is 4.14. The van der Waals surface area contributed by atoms with Crippen LogP contribution >= 0.6 is 0 Å². The van der Waals surface area contributed by atoms with Gasteiger partial charge in [0.25, 0.3) is 0 Å². The topological polar surface area (TPSA) is 46.5 Å². The van der Waals surface area contributed by atoms with E-state index in [0.717, 1.165) is 38.5 Å². The van der Waals surface area contributed by atoms with E-state index in [1.165, 1.54) is 25.7 Å². The summed E-state index contributed by atoms with van der Waals surface area (Å²) < 4.78 is 6.33. The van der Waals surface area contributed by atoms with Crippen molar-refractivity contribution in [1.29, 1.82) is 0 Å². The highest BCUT2D eigenvalue weighted by Gasteiger charge is 2.46. The molecule has 1 aliphatic heterocycles. The fourth-order valence-electron chi connectivity index (χ4n) is 4.15. The Morgan fingerprint density at radius 1 is 1.30 bits per heavy atom. The van der Waals surface area contributed by atoms with Crippen molar-refractivity contribution in [3.63, 3.8) is 0 Å². The van der Waals surface area contributed by atoms with Gasteiger partial charge in [-0.2, -0.15) is 0 Å². The first kappa shape index (κ1) is 15.8. The molecule has 1 saturated heterocycles. The van der Waals surface area contributed by atoms with Crippen LogP contribution in [0, 0.1) is 5.41 Å². The summed E-state index contributed by atoms with van der Waals surface area (Å²) in [7, 11) is 0. The average Bonchev–Trinajstić information content (AvgIpc) is 3.05. The van der Waals surface area contributed by atoms with Gasteiger partial charge >= 0.3 is 5.97 Å². The van der Waals surface area contributed by atoms with Crippen molar-refractivity contribution < 1.29 is 14.6 Å². The Hall–Kier alpha value is -0.570. The molecule has 3 nitrogen and oxygen atoms in total. The summed E-state index contributed by atoms with van der Waals surface area (Å²) >= 11 is 0. The molecule has 0 bridgehead atoms. The zero-order valence-electron chi connectivity index (χ0n) is 13.1. The average molecular weight is 282 g/mol. The highest BCUT2D eigenvalue weighted by atomic mass is 16.5. The maximum absolute atomic E-state index is 11.8. The van der Waals surface area contributed by atoms with Crippen LogP contribution in [0.2, 0.25) is 0 Å². The predicted octanol–water partition coefficient (Wildman–Crippen LogP) is 4.54. The van der Waals surface area contributed by atoms with Crippen molar-refractivity contribution in [2.75, 3.05) is 0 Å². The van der Waals surface area contributed by atoms with Crippen LogP contribution in [0.3, 0.4) is 0 Å². The maximum Gasteiger partial charge on any atom is 0.309 e. The third-order valence-electron chi connectivity index (χ3n) is 5.61. The molecular formula is C17H30O3. The highest BCUT2D eigenvalue weighted by Crippen LogP contribution is 2.47. The molecule has 1 saturated carbocycles. The first-order chi connectivity index (χ1) is 9.56. The van der Waals surface area contributed by atoms with E-state index in [0.29, 0.717) is 6.42 Å². The molecule has 116 valence electrons. The van der Waals surface area contributed by atoms with Crippen LogP contribution in [0.15, 0.2) is 0 Å². The van der Waals surface area contributed by atoms with Crippen LogP contribution in [0.5, 0.6) is 0 Å². The Bertz CT molecular complexity index is 333. The summed E-state index contributed by atoms with van der Waals surface area (Å²) in [5.41, 5.74) is -0.446. The van der Waals surface area contributed by atoms with Crippen LogP contribution in [0.1, 0.15) is 84.5 Å². The summed E-state index contributed by atoms with van der Waals surface area (Å²) in [6.07, 6.45) is 11.6. The second-order valence-corrected chi connectivity index (χ2v) is 6.92. The Kier molecular flexibility index (Phi) is 5.11. The Morgan fingerprint density at radius 2 is 2.00 bits per heavy atom. The molecule has 1 heterocycles. The van der Waals surface area contributed by atoms with Gasteiger partial charge in [-0.05, 0) is 44.9 Å². The number of carboxylic acid groups (broad SMARTS) is 1. The van der Waals surface area contributed by atoms with E-state index in [2.05, 4.69) is 6.92 Å². The molecule has 2 fully saturated rings. The normalized spacial score (nSPS) is 27.8. The van der Waals surface area contributed by atoms with Crippen molar-refractivity contribution in [2.24, 2.45) is 5.41 Å². The van der Waals surface area contributed by atoms with Gasteiger partial charge in [-0.25, -0.2) is 0 Å². The molecular weight excluding hydrogens is 252 g/mol. The zero-order valence-corrected chi connectivity index (χ0v) is 13.1. The van der Waals surface area contributed by atoms with Gasteiger partial charge in [0.05, 0.1) is 17.1 Å². The summed E-state index contributed by atoms with van der Waals surface area (Å²) in [6, 6.07) is 0. The highest BCUT2D eigenvalue weighted by molar-refractivity contribution is 5.74. The van der Waals surface area contributed by atoms with Crippen LogP contribution in [-0.4, -0.2) is 22.8 Å². The number of hydrogen-bond acceptors (Lipinski definition) is 2. The quantitative estimate of drug-likeness (QED) is 0.745. The second-order valence-electron chi connectivity index (χ2n) is 6.92. The van der Waals surface area contributed by atoms with E-state index in [9.17, 15) is 9.90 Å². The predicted molar refractivity (Wildman–Crippen MR) is 79.8 cm³/mol. The van der Waals surface area contributed by atoms with E-state index in [-0.39, 0.29) is 11.7 Å². The fourth-order valence-corrected chi connectivity index (χ4v) is 4.15. The van der Waals surface area contributed by atoms with Crippen molar-refractivity contribution in [2.45, 2.75) is 96.2 Å². The number of carboxylic acids is 1. The molecule has 2 aliphatic rings. The molecule has 0 radical (unpaired) electrons.